The summed E-state index contributed by atoms with van der Waals surface area (Å²) in [4.78, 5) is 27.8. The summed E-state index contributed by atoms with van der Waals surface area (Å²) in [5, 5.41) is 3.67. The molecular weight excluding hydrogens is 384 g/mol. The lowest BCUT2D eigenvalue weighted by Gasteiger charge is -2.31. The molecule has 0 spiro atoms. The van der Waals surface area contributed by atoms with E-state index in [1.54, 1.807) is 17.0 Å². The van der Waals surface area contributed by atoms with Crippen LogP contribution in [0.3, 0.4) is 0 Å². The second-order valence-electron chi connectivity index (χ2n) is 7.55. The van der Waals surface area contributed by atoms with Gasteiger partial charge in [-0.25, -0.2) is 0 Å². The van der Waals surface area contributed by atoms with Gasteiger partial charge in [-0.1, -0.05) is 67.4 Å². The first kappa shape index (κ1) is 23.0. The van der Waals surface area contributed by atoms with Gasteiger partial charge in [0.2, 0.25) is 11.8 Å². The first-order valence-electron chi connectivity index (χ1n) is 10.2. The highest BCUT2D eigenvalue weighted by Gasteiger charge is 2.29. The molecule has 0 aromatic heterocycles. The van der Waals surface area contributed by atoms with Crippen LogP contribution in [0, 0.1) is 6.92 Å². The van der Waals surface area contributed by atoms with Gasteiger partial charge in [0.1, 0.15) is 6.04 Å². The van der Waals surface area contributed by atoms with E-state index in [-0.39, 0.29) is 24.3 Å². The van der Waals surface area contributed by atoms with E-state index in [9.17, 15) is 9.59 Å². The summed E-state index contributed by atoms with van der Waals surface area (Å²) in [5.41, 5.74) is 3.04. The fraction of sp³-hybridized carbons (Fsp3) is 0.417. The summed E-state index contributed by atoms with van der Waals surface area (Å²) < 4.78 is 0. The zero-order chi connectivity index (χ0) is 21.4. The Bertz CT molecular complexity index is 803. The van der Waals surface area contributed by atoms with Crippen molar-refractivity contribution in [2.45, 2.75) is 65.6 Å². The monoisotopic (exact) mass is 414 g/mol. The van der Waals surface area contributed by atoms with Gasteiger partial charge < -0.3 is 10.2 Å². The fourth-order valence-electron chi connectivity index (χ4n) is 3.13. The molecule has 4 nitrogen and oxygen atoms in total. The third-order valence-electron chi connectivity index (χ3n) is 5.13. The van der Waals surface area contributed by atoms with Crippen LogP contribution in [0.15, 0.2) is 48.5 Å². The molecular formula is C24H31ClN2O2. The van der Waals surface area contributed by atoms with Crippen LogP contribution in [0.2, 0.25) is 5.02 Å². The molecule has 0 bridgehead atoms. The lowest BCUT2D eigenvalue weighted by atomic mass is 10.1. The van der Waals surface area contributed by atoms with Gasteiger partial charge in [-0.05, 0) is 49.9 Å². The normalized spacial score (nSPS) is 12.9. The summed E-state index contributed by atoms with van der Waals surface area (Å²) in [5.74, 6) is -0.164. The molecule has 156 valence electrons. The number of carbonyl (C=O) groups excluding carboxylic acids is 2. The molecule has 0 heterocycles. The standard InChI is InChI=1S/C24H31ClN2O2/c1-5-18(4)26-24(29)22(6-2)27(16-20-11-13-21(25)14-12-20)23(28)15-19-9-7-17(3)8-10-19/h7-14,18,22H,5-6,15-16H2,1-4H3,(H,26,29)/t18-,22+/m1/s1. The molecule has 0 fully saturated rings. The number of nitrogens with zero attached hydrogens (tertiary/aromatic N) is 1. The number of benzene rings is 2. The number of hydrogen-bond donors (Lipinski definition) is 1. The molecule has 0 unspecified atom stereocenters. The molecule has 0 radical (unpaired) electrons. The molecule has 2 amide bonds. The van der Waals surface area contributed by atoms with Gasteiger partial charge in [-0.15, -0.1) is 0 Å². The molecule has 2 atom stereocenters. The van der Waals surface area contributed by atoms with Gasteiger partial charge in [0, 0.05) is 17.6 Å². The van der Waals surface area contributed by atoms with Crippen molar-refractivity contribution in [2.24, 2.45) is 0 Å². The lowest BCUT2D eigenvalue weighted by molar-refractivity contribution is -0.141. The smallest absolute Gasteiger partial charge is 0.243 e. The molecule has 5 heteroatoms. The van der Waals surface area contributed by atoms with Crippen molar-refractivity contribution in [2.75, 3.05) is 0 Å². The van der Waals surface area contributed by atoms with Crippen LogP contribution < -0.4 is 5.32 Å². The molecule has 0 saturated heterocycles. The quantitative estimate of drug-likeness (QED) is 0.633. The van der Waals surface area contributed by atoms with Crippen LogP contribution in [0.4, 0.5) is 0 Å². The summed E-state index contributed by atoms with van der Waals surface area (Å²) in [6.45, 7) is 8.33. The molecule has 2 rings (SSSR count). The topological polar surface area (TPSA) is 49.4 Å². The zero-order valence-electron chi connectivity index (χ0n) is 17.7. The minimum Gasteiger partial charge on any atom is -0.352 e. The third kappa shape index (κ3) is 6.90. The van der Waals surface area contributed by atoms with Gasteiger partial charge in [-0.3, -0.25) is 9.59 Å². The summed E-state index contributed by atoms with van der Waals surface area (Å²) in [6, 6.07) is 14.9. The van der Waals surface area contributed by atoms with E-state index in [4.69, 9.17) is 11.6 Å². The number of aryl methyl sites for hydroxylation is 1. The van der Waals surface area contributed by atoms with E-state index >= 15 is 0 Å². The molecule has 1 N–H and O–H groups in total. The van der Waals surface area contributed by atoms with Crippen molar-refractivity contribution in [3.8, 4) is 0 Å². The predicted molar refractivity (Wildman–Crippen MR) is 119 cm³/mol. The first-order chi connectivity index (χ1) is 13.8. The second-order valence-corrected chi connectivity index (χ2v) is 7.99. The van der Waals surface area contributed by atoms with Gasteiger partial charge in [0.05, 0.1) is 6.42 Å². The molecule has 0 saturated carbocycles. The number of amides is 2. The SMILES string of the molecule is CC[C@@H](C)NC(=O)[C@H](CC)N(Cc1ccc(Cl)cc1)C(=O)Cc1ccc(C)cc1. The van der Waals surface area contributed by atoms with Crippen molar-refractivity contribution >= 4 is 23.4 Å². The predicted octanol–water partition coefficient (Wildman–Crippen LogP) is 4.91. The average Bonchev–Trinajstić information content (AvgIpc) is 2.70. The van der Waals surface area contributed by atoms with Crippen molar-refractivity contribution in [3.63, 3.8) is 0 Å². The van der Waals surface area contributed by atoms with Gasteiger partial charge in [0.25, 0.3) is 0 Å². The Labute approximate surface area is 179 Å². The van der Waals surface area contributed by atoms with Crippen molar-refractivity contribution in [1.82, 2.24) is 10.2 Å². The molecule has 0 aliphatic heterocycles. The van der Waals surface area contributed by atoms with Crippen LogP contribution in [-0.2, 0) is 22.6 Å². The maximum absolute atomic E-state index is 13.2. The van der Waals surface area contributed by atoms with Crippen molar-refractivity contribution < 1.29 is 9.59 Å². The summed E-state index contributed by atoms with van der Waals surface area (Å²) in [6.07, 6.45) is 1.66. The van der Waals surface area contributed by atoms with E-state index in [1.165, 1.54) is 0 Å². The van der Waals surface area contributed by atoms with Crippen LogP contribution in [0.1, 0.15) is 50.3 Å². The van der Waals surface area contributed by atoms with Crippen LogP contribution in [-0.4, -0.2) is 28.8 Å². The van der Waals surface area contributed by atoms with E-state index in [0.717, 1.165) is 23.1 Å². The summed E-state index contributed by atoms with van der Waals surface area (Å²) in [7, 11) is 0. The molecule has 29 heavy (non-hydrogen) atoms. The number of hydrogen-bond acceptors (Lipinski definition) is 2. The third-order valence-corrected chi connectivity index (χ3v) is 5.38. The minimum atomic E-state index is -0.516. The zero-order valence-corrected chi connectivity index (χ0v) is 18.5. The summed E-state index contributed by atoms with van der Waals surface area (Å²) >= 11 is 6.00. The highest BCUT2D eigenvalue weighted by atomic mass is 35.5. The van der Waals surface area contributed by atoms with Gasteiger partial charge in [-0.2, -0.15) is 0 Å². The molecule has 0 aliphatic rings. The number of carbonyl (C=O) groups is 2. The lowest BCUT2D eigenvalue weighted by Crippen LogP contribution is -2.51. The Morgan fingerprint density at radius 2 is 1.55 bits per heavy atom. The minimum absolute atomic E-state index is 0.0602. The number of halogens is 1. The number of nitrogens with one attached hydrogen (secondary N) is 1. The maximum Gasteiger partial charge on any atom is 0.243 e. The second kappa shape index (κ2) is 11.0. The Morgan fingerprint density at radius 3 is 2.10 bits per heavy atom. The van der Waals surface area contributed by atoms with Gasteiger partial charge in [0.15, 0.2) is 0 Å². The van der Waals surface area contributed by atoms with E-state index in [1.807, 2.05) is 64.1 Å². The largest absolute Gasteiger partial charge is 0.352 e. The van der Waals surface area contributed by atoms with E-state index in [0.29, 0.717) is 18.0 Å². The molecule has 2 aromatic rings. The fourth-order valence-corrected chi connectivity index (χ4v) is 3.26. The van der Waals surface area contributed by atoms with E-state index in [2.05, 4.69) is 5.32 Å². The Kier molecular flexibility index (Phi) is 8.71. The Balaban J connectivity index is 2.26. The van der Waals surface area contributed by atoms with Crippen LogP contribution >= 0.6 is 11.6 Å². The van der Waals surface area contributed by atoms with Crippen LogP contribution in [0.25, 0.3) is 0 Å². The number of rotatable bonds is 9. The van der Waals surface area contributed by atoms with E-state index < -0.39 is 6.04 Å². The molecule has 0 aliphatic carbocycles. The van der Waals surface area contributed by atoms with Gasteiger partial charge >= 0.3 is 0 Å². The highest BCUT2D eigenvalue weighted by Crippen LogP contribution is 2.17. The first-order valence-corrected chi connectivity index (χ1v) is 10.6. The average molecular weight is 415 g/mol. The van der Waals surface area contributed by atoms with Crippen LogP contribution in [0.5, 0.6) is 0 Å². The Morgan fingerprint density at radius 1 is 0.966 bits per heavy atom. The maximum atomic E-state index is 13.2. The highest BCUT2D eigenvalue weighted by molar-refractivity contribution is 6.30. The van der Waals surface area contributed by atoms with Crippen molar-refractivity contribution in [3.05, 3.63) is 70.2 Å². The van der Waals surface area contributed by atoms with Crippen molar-refractivity contribution in [1.29, 1.82) is 0 Å². The Hall–Kier alpha value is -2.33. The molecule has 2 aromatic carbocycles.